The Morgan fingerprint density at radius 1 is 1.17 bits per heavy atom. The minimum absolute atomic E-state index is 0.166. The van der Waals surface area contributed by atoms with E-state index in [1.54, 1.807) is 0 Å². The zero-order valence-corrected chi connectivity index (χ0v) is 14.7. The Labute approximate surface area is 115 Å². The molecule has 0 aliphatic heterocycles. The van der Waals surface area contributed by atoms with E-state index in [0.717, 1.165) is 19.4 Å². The Hall–Kier alpha value is 0.137. The van der Waals surface area contributed by atoms with Gasteiger partial charge in [-0.1, -0.05) is 41.5 Å². The topological polar surface area (TPSA) is 29.5 Å². The van der Waals surface area contributed by atoms with E-state index in [1.807, 2.05) is 6.92 Å². The molecule has 0 radical (unpaired) electrons. The molecule has 0 bridgehead atoms. The number of hydrogen-bond donors (Lipinski definition) is 1. The van der Waals surface area contributed by atoms with Crippen LogP contribution in [0.1, 0.15) is 54.4 Å². The van der Waals surface area contributed by atoms with Crippen molar-refractivity contribution in [3.8, 4) is 0 Å². The van der Waals surface area contributed by atoms with Gasteiger partial charge in [0.05, 0.1) is 6.10 Å². The van der Waals surface area contributed by atoms with E-state index in [0.29, 0.717) is 11.8 Å². The van der Waals surface area contributed by atoms with Gasteiger partial charge in [0.2, 0.25) is 0 Å². The summed E-state index contributed by atoms with van der Waals surface area (Å²) in [7, 11) is -1.62. The SMILES string of the molecule is CC[C@H](O)[C@@H](C)C[C@H](C)CO[Si](C)(C)C(C)(C)C. The van der Waals surface area contributed by atoms with Crippen LogP contribution in [0.5, 0.6) is 0 Å². The van der Waals surface area contributed by atoms with E-state index in [9.17, 15) is 5.11 Å². The summed E-state index contributed by atoms with van der Waals surface area (Å²) >= 11 is 0. The first-order valence-electron chi connectivity index (χ1n) is 7.33. The van der Waals surface area contributed by atoms with Crippen LogP contribution in [0.3, 0.4) is 0 Å². The Bertz CT molecular complexity index is 233. The summed E-state index contributed by atoms with van der Waals surface area (Å²) in [6.45, 7) is 18.6. The lowest BCUT2D eigenvalue weighted by Gasteiger charge is -2.37. The van der Waals surface area contributed by atoms with Crippen LogP contribution in [0.4, 0.5) is 0 Å². The quantitative estimate of drug-likeness (QED) is 0.695. The highest BCUT2D eigenvalue weighted by Crippen LogP contribution is 2.37. The molecule has 3 atom stereocenters. The molecule has 0 saturated heterocycles. The summed E-state index contributed by atoms with van der Waals surface area (Å²) in [4.78, 5) is 0. The third-order valence-electron chi connectivity index (χ3n) is 4.38. The lowest BCUT2D eigenvalue weighted by atomic mass is 9.92. The van der Waals surface area contributed by atoms with E-state index in [-0.39, 0.29) is 11.1 Å². The van der Waals surface area contributed by atoms with Gasteiger partial charge in [0.25, 0.3) is 0 Å². The van der Waals surface area contributed by atoms with Crippen LogP contribution in [0.2, 0.25) is 18.1 Å². The maximum Gasteiger partial charge on any atom is 0.191 e. The molecule has 0 heterocycles. The van der Waals surface area contributed by atoms with Gasteiger partial charge in [0, 0.05) is 6.61 Å². The largest absolute Gasteiger partial charge is 0.417 e. The molecule has 0 aromatic carbocycles. The van der Waals surface area contributed by atoms with Gasteiger partial charge in [-0.15, -0.1) is 0 Å². The maximum absolute atomic E-state index is 9.80. The summed E-state index contributed by atoms with van der Waals surface area (Å²) < 4.78 is 6.23. The first-order chi connectivity index (χ1) is 8.01. The van der Waals surface area contributed by atoms with Crippen LogP contribution in [0.25, 0.3) is 0 Å². The summed E-state index contributed by atoms with van der Waals surface area (Å²) in [5.41, 5.74) is 0. The molecule has 0 amide bonds. The van der Waals surface area contributed by atoms with Crippen molar-refractivity contribution in [2.75, 3.05) is 6.61 Å². The highest BCUT2D eigenvalue weighted by molar-refractivity contribution is 6.74. The van der Waals surface area contributed by atoms with E-state index in [2.05, 4.69) is 47.7 Å². The Kier molecular flexibility index (Phi) is 7.12. The third kappa shape index (κ3) is 5.85. The van der Waals surface area contributed by atoms with E-state index in [4.69, 9.17) is 4.43 Å². The van der Waals surface area contributed by atoms with Crippen LogP contribution < -0.4 is 0 Å². The normalized spacial score (nSPS) is 18.5. The van der Waals surface area contributed by atoms with Crippen LogP contribution in [-0.2, 0) is 4.43 Å². The summed E-state index contributed by atoms with van der Waals surface area (Å²) in [6, 6.07) is 0. The maximum atomic E-state index is 9.80. The van der Waals surface area contributed by atoms with E-state index in [1.165, 1.54) is 0 Å². The molecule has 0 spiro atoms. The number of hydrogen-bond acceptors (Lipinski definition) is 2. The molecule has 0 saturated carbocycles. The van der Waals surface area contributed by atoms with Crippen molar-refractivity contribution in [2.24, 2.45) is 11.8 Å². The fraction of sp³-hybridized carbons (Fsp3) is 1.00. The van der Waals surface area contributed by atoms with Crippen molar-refractivity contribution < 1.29 is 9.53 Å². The molecular weight excluding hydrogens is 240 g/mol. The fourth-order valence-electron chi connectivity index (χ4n) is 1.83. The van der Waals surface area contributed by atoms with Crippen molar-refractivity contribution in [2.45, 2.75) is 78.6 Å². The monoisotopic (exact) mass is 274 g/mol. The molecule has 0 aromatic rings. The van der Waals surface area contributed by atoms with E-state index < -0.39 is 8.32 Å². The molecule has 1 N–H and O–H groups in total. The van der Waals surface area contributed by atoms with Gasteiger partial charge < -0.3 is 9.53 Å². The second-order valence-corrected chi connectivity index (χ2v) is 12.2. The molecule has 2 nitrogen and oxygen atoms in total. The van der Waals surface area contributed by atoms with Gasteiger partial charge in [0.15, 0.2) is 8.32 Å². The predicted molar refractivity (Wildman–Crippen MR) is 82.4 cm³/mol. The third-order valence-corrected chi connectivity index (χ3v) is 8.88. The molecule has 0 unspecified atom stereocenters. The lowest BCUT2D eigenvalue weighted by molar-refractivity contribution is 0.0915. The van der Waals surface area contributed by atoms with Crippen LogP contribution in [0, 0.1) is 11.8 Å². The molecular formula is C15H34O2Si. The van der Waals surface area contributed by atoms with Gasteiger partial charge in [-0.05, 0) is 42.8 Å². The fourth-order valence-corrected chi connectivity index (χ4v) is 2.96. The number of rotatable bonds is 7. The standard InChI is InChI=1S/C15H34O2Si/c1-9-14(16)13(3)10-12(2)11-17-18(7,8)15(4,5)6/h12-14,16H,9-11H2,1-8H3/t12-,13-,14-/m0/s1. The minimum atomic E-state index is -1.62. The first kappa shape index (κ1) is 18.1. The van der Waals surface area contributed by atoms with Gasteiger partial charge in [-0.25, -0.2) is 0 Å². The summed E-state index contributed by atoms with van der Waals surface area (Å²) in [5.74, 6) is 0.892. The highest BCUT2D eigenvalue weighted by atomic mass is 28.4. The van der Waals surface area contributed by atoms with Crippen molar-refractivity contribution >= 4 is 8.32 Å². The smallest absolute Gasteiger partial charge is 0.191 e. The second kappa shape index (κ2) is 7.06. The zero-order chi connectivity index (χ0) is 14.6. The molecule has 0 fully saturated rings. The van der Waals surface area contributed by atoms with Crippen molar-refractivity contribution in [1.82, 2.24) is 0 Å². The van der Waals surface area contributed by atoms with Crippen molar-refractivity contribution in [1.29, 1.82) is 0 Å². The molecule has 0 aliphatic rings. The molecule has 110 valence electrons. The Balaban J connectivity index is 4.15. The van der Waals surface area contributed by atoms with Gasteiger partial charge in [-0.3, -0.25) is 0 Å². The summed E-state index contributed by atoms with van der Waals surface area (Å²) in [6.07, 6.45) is 1.72. The zero-order valence-electron chi connectivity index (χ0n) is 13.7. The van der Waals surface area contributed by atoms with Crippen LogP contribution >= 0.6 is 0 Å². The molecule has 3 heteroatoms. The average Bonchev–Trinajstić information content (AvgIpc) is 2.23. The predicted octanol–water partition coefficient (Wildman–Crippen LogP) is 4.44. The Morgan fingerprint density at radius 2 is 1.67 bits per heavy atom. The molecule has 0 aromatic heterocycles. The number of aliphatic hydroxyl groups is 1. The van der Waals surface area contributed by atoms with Crippen molar-refractivity contribution in [3.05, 3.63) is 0 Å². The van der Waals surface area contributed by atoms with Crippen LogP contribution in [0.15, 0.2) is 0 Å². The van der Waals surface area contributed by atoms with Gasteiger partial charge >= 0.3 is 0 Å². The molecule has 18 heavy (non-hydrogen) atoms. The van der Waals surface area contributed by atoms with Gasteiger partial charge in [-0.2, -0.15) is 0 Å². The minimum Gasteiger partial charge on any atom is -0.417 e. The Morgan fingerprint density at radius 3 is 2.06 bits per heavy atom. The van der Waals surface area contributed by atoms with Gasteiger partial charge in [0.1, 0.15) is 0 Å². The molecule has 0 aliphatic carbocycles. The first-order valence-corrected chi connectivity index (χ1v) is 10.2. The highest BCUT2D eigenvalue weighted by Gasteiger charge is 2.37. The summed E-state index contributed by atoms with van der Waals surface area (Å²) in [5, 5.41) is 10.1. The van der Waals surface area contributed by atoms with Crippen LogP contribution in [-0.4, -0.2) is 26.1 Å². The van der Waals surface area contributed by atoms with E-state index >= 15 is 0 Å². The lowest BCUT2D eigenvalue weighted by Crippen LogP contribution is -2.42. The van der Waals surface area contributed by atoms with Crippen molar-refractivity contribution in [3.63, 3.8) is 0 Å². The average molecular weight is 275 g/mol. The number of aliphatic hydroxyl groups excluding tert-OH is 1. The second-order valence-electron chi connectivity index (χ2n) is 7.37. The molecule has 0 rings (SSSR count).